The Morgan fingerprint density at radius 2 is 1.62 bits per heavy atom. The summed E-state index contributed by atoms with van der Waals surface area (Å²) in [7, 11) is -5.73. The van der Waals surface area contributed by atoms with Crippen LogP contribution in [0.3, 0.4) is 0 Å². The van der Waals surface area contributed by atoms with Crippen LogP contribution in [0, 0.1) is 0 Å². The molecule has 2 rings (SSSR count). The first-order chi connectivity index (χ1) is 12.1. The first kappa shape index (κ1) is 20.2. The normalized spacial score (nSPS) is 16.1. The van der Waals surface area contributed by atoms with Crippen molar-refractivity contribution in [2.45, 2.75) is 43.5 Å². The molecule has 1 aromatic rings. The molecule has 0 amide bonds. The van der Waals surface area contributed by atoms with Crippen molar-refractivity contribution >= 4 is 22.1 Å². The summed E-state index contributed by atoms with van der Waals surface area (Å²) in [6, 6.07) is 5.30. The Morgan fingerprint density at radius 3 is 2.15 bits per heavy atom. The third-order valence-corrected chi connectivity index (χ3v) is 4.81. The average molecular weight is 392 g/mol. The van der Waals surface area contributed by atoms with Gasteiger partial charge in [0.15, 0.2) is 6.61 Å². The van der Waals surface area contributed by atoms with E-state index in [1.165, 1.54) is 24.3 Å². The minimum Gasteiger partial charge on any atom is -0.459 e. The predicted molar refractivity (Wildman–Crippen MR) is 85.5 cm³/mol. The molecule has 0 bridgehead atoms. The Morgan fingerprint density at radius 1 is 1.08 bits per heavy atom. The molecule has 7 nitrogen and oxygen atoms in total. The molecule has 26 heavy (non-hydrogen) atoms. The SMILES string of the molecule is O=C(OCC(F)(F)S(=O)(=O)O)c1ccccc1C(=O)OC1CCCCC1. The Bertz CT molecular complexity index is 771. The van der Waals surface area contributed by atoms with Gasteiger partial charge in [-0.2, -0.15) is 17.2 Å². The monoisotopic (exact) mass is 392 g/mol. The molecule has 0 aliphatic heterocycles. The van der Waals surface area contributed by atoms with Crippen LogP contribution >= 0.6 is 0 Å². The van der Waals surface area contributed by atoms with E-state index in [-0.39, 0.29) is 17.2 Å². The number of carbonyl (C=O) groups is 2. The molecule has 0 heterocycles. The topological polar surface area (TPSA) is 107 Å². The van der Waals surface area contributed by atoms with Gasteiger partial charge < -0.3 is 9.47 Å². The molecule has 1 aromatic carbocycles. The zero-order valence-electron chi connectivity index (χ0n) is 13.7. The molecule has 0 spiro atoms. The fraction of sp³-hybridized carbons (Fsp3) is 0.500. The molecule has 0 radical (unpaired) electrons. The number of carbonyl (C=O) groups excluding carboxylic acids is 2. The number of hydrogen-bond acceptors (Lipinski definition) is 6. The van der Waals surface area contributed by atoms with E-state index in [1.54, 1.807) is 0 Å². The van der Waals surface area contributed by atoms with Crippen LogP contribution in [0.1, 0.15) is 52.8 Å². The molecule has 1 N–H and O–H groups in total. The van der Waals surface area contributed by atoms with Gasteiger partial charge in [0, 0.05) is 0 Å². The van der Waals surface area contributed by atoms with Crippen LogP contribution < -0.4 is 0 Å². The molecular formula is C16H18F2O7S. The highest BCUT2D eigenvalue weighted by Crippen LogP contribution is 2.24. The largest absolute Gasteiger partial charge is 0.459 e. The van der Waals surface area contributed by atoms with Gasteiger partial charge in [-0.25, -0.2) is 9.59 Å². The van der Waals surface area contributed by atoms with Crippen molar-refractivity contribution in [3.8, 4) is 0 Å². The molecule has 0 unspecified atom stereocenters. The summed E-state index contributed by atoms with van der Waals surface area (Å²) in [5.74, 6) is -2.12. The predicted octanol–water partition coefficient (Wildman–Crippen LogP) is 2.81. The van der Waals surface area contributed by atoms with Crippen molar-refractivity contribution in [3.63, 3.8) is 0 Å². The summed E-state index contributed by atoms with van der Waals surface area (Å²) in [6.45, 7) is -1.88. The first-order valence-corrected chi connectivity index (χ1v) is 9.38. The maximum Gasteiger partial charge on any atom is 0.402 e. The summed E-state index contributed by atoms with van der Waals surface area (Å²) in [6.07, 6.45) is 4.04. The number of rotatable bonds is 6. The highest BCUT2D eigenvalue weighted by Gasteiger charge is 2.45. The lowest BCUT2D eigenvalue weighted by Gasteiger charge is -2.22. The van der Waals surface area contributed by atoms with Crippen molar-refractivity contribution in [2.24, 2.45) is 0 Å². The number of benzene rings is 1. The Balaban J connectivity index is 2.09. The second-order valence-corrected chi connectivity index (χ2v) is 7.45. The summed E-state index contributed by atoms with van der Waals surface area (Å²) in [5, 5.41) is -4.65. The zero-order valence-corrected chi connectivity index (χ0v) is 14.5. The molecule has 1 fully saturated rings. The fourth-order valence-corrected chi connectivity index (χ4v) is 2.75. The lowest BCUT2D eigenvalue weighted by Crippen LogP contribution is -2.34. The number of ether oxygens (including phenoxy) is 2. The van der Waals surface area contributed by atoms with E-state index >= 15 is 0 Å². The lowest BCUT2D eigenvalue weighted by molar-refractivity contribution is -0.00984. The minimum atomic E-state index is -5.73. The van der Waals surface area contributed by atoms with Gasteiger partial charge in [0.1, 0.15) is 6.10 Å². The van der Waals surface area contributed by atoms with Crippen LogP contribution in [0.25, 0.3) is 0 Å². The molecule has 0 atom stereocenters. The number of esters is 2. The van der Waals surface area contributed by atoms with Crippen molar-refractivity contribution in [2.75, 3.05) is 6.61 Å². The average Bonchev–Trinajstić information content (AvgIpc) is 2.59. The van der Waals surface area contributed by atoms with Gasteiger partial charge in [-0.1, -0.05) is 18.6 Å². The van der Waals surface area contributed by atoms with E-state index in [0.717, 1.165) is 19.3 Å². The summed E-state index contributed by atoms with van der Waals surface area (Å²) in [5.41, 5.74) is -0.502. The van der Waals surface area contributed by atoms with Crippen molar-refractivity contribution in [1.29, 1.82) is 0 Å². The molecule has 1 aliphatic rings. The van der Waals surface area contributed by atoms with E-state index in [2.05, 4.69) is 4.74 Å². The number of alkyl halides is 2. The lowest BCUT2D eigenvalue weighted by atomic mass is 9.97. The van der Waals surface area contributed by atoms with E-state index in [4.69, 9.17) is 9.29 Å². The van der Waals surface area contributed by atoms with Crippen LogP contribution in [-0.2, 0) is 19.6 Å². The van der Waals surface area contributed by atoms with E-state index < -0.39 is 33.9 Å². The van der Waals surface area contributed by atoms with Crippen LogP contribution in [0.4, 0.5) is 8.78 Å². The van der Waals surface area contributed by atoms with Crippen LogP contribution in [0.2, 0.25) is 0 Å². The smallest absolute Gasteiger partial charge is 0.402 e. The zero-order chi connectivity index (χ0) is 19.4. The highest BCUT2D eigenvalue weighted by atomic mass is 32.2. The Hall–Kier alpha value is -2.07. The second-order valence-electron chi connectivity index (χ2n) is 5.90. The van der Waals surface area contributed by atoms with Crippen LogP contribution in [0.15, 0.2) is 24.3 Å². The Labute approximate surface area is 149 Å². The van der Waals surface area contributed by atoms with Gasteiger partial charge in [-0.05, 0) is 37.8 Å². The van der Waals surface area contributed by atoms with Gasteiger partial charge in [-0.3, -0.25) is 4.55 Å². The first-order valence-electron chi connectivity index (χ1n) is 7.94. The van der Waals surface area contributed by atoms with Gasteiger partial charge in [0.05, 0.1) is 11.1 Å². The molecule has 0 saturated heterocycles. The van der Waals surface area contributed by atoms with Crippen molar-refractivity contribution < 1.29 is 40.8 Å². The summed E-state index contributed by atoms with van der Waals surface area (Å²) < 4.78 is 65.4. The maximum absolute atomic E-state index is 13.2. The third-order valence-electron chi connectivity index (χ3n) is 3.94. The fourth-order valence-electron chi connectivity index (χ4n) is 2.54. The highest BCUT2D eigenvalue weighted by molar-refractivity contribution is 7.86. The molecule has 1 aliphatic carbocycles. The van der Waals surface area contributed by atoms with Gasteiger partial charge in [0.25, 0.3) is 0 Å². The minimum absolute atomic E-state index is 0.168. The standard InChI is InChI=1S/C16H18F2O7S/c17-16(18,26(21,22)23)10-24-14(19)12-8-4-5-9-13(12)15(20)25-11-6-2-1-3-7-11/h4-5,8-9,11H,1-3,6-7,10H2,(H,21,22,23). The van der Waals surface area contributed by atoms with E-state index in [1.807, 2.05) is 0 Å². The van der Waals surface area contributed by atoms with Crippen LogP contribution in [0.5, 0.6) is 0 Å². The van der Waals surface area contributed by atoms with E-state index in [0.29, 0.717) is 12.8 Å². The quantitative estimate of drug-likeness (QED) is 0.586. The van der Waals surface area contributed by atoms with Gasteiger partial charge >= 0.3 is 27.3 Å². The second kappa shape index (κ2) is 8.09. The van der Waals surface area contributed by atoms with Crippen molar-refractivity contribution in [1.82, 2.24) is 0 Å². The third kappa shape index (κ3) is 4.98. The molecule has 0 aromatic heterocycles. The van der Waals surface area contributed by atoms with Crippen LogP contribution in [-0.4, -0.2) is 42.9 Å². The number of hydrogen-bond donors (Lipinski definition) is 1. The molecule has 144 valence electrons. The summed E-state index contributed by atoms with van der Waals surface area (Å²) >= 11 is 0. The number of halogens is 2. The van der Waals surface area contributed by atoms with Gasteiger partial charge in [0.2, 0.25) is 0 Å². The van der Waals surface area contributed by atoms with Gasteiger partial charge in [-0.15, -0.1) is 0 Å². The molecule has 1 saturated carbocycles. The van der Waals surface area contributed by atoms with E-state index in [9.17, 15) is 26.8 Å². The van der Waals surface area contributed by atoms with Crippen molar-refractivity contribution in [3.05, 3.63) is 35.4 Å². The maximum atomic E-state index is 13.2. The summed E-state index contributed by atoms with van der Waals surface area (Å²) in [4.78, 5) is 24.3. The molecule has 10 heteroatoms. The Kier molecular flexibility index (Phi) is 6.30. The molecular weight excluding hydrogens is 374 g/mol.